The van der Waals surface area contributed by atoms with Gasteiger partial charge in [0.1, 0.15) is 0 Å². The van der Waals surface area contributed by atoms with Crippen molar-refractivity contribution in [2.75, 3.05) is 57.5 Å². The van der Waals surface area contributed by atoms with E-state index in [1.807, 2.05) is 37.7 Å². The van der Waals surface area contributed by atoms with Gasteiger partial charge in [0.05, 0.1) is 29.0 Å². The van der Waals surface area contributed by atoms with Gasteiger partial charge in [0, 0.05) is 73.5 Å². The summed E-state index contributed by atoms with van der Waals surface area (Å²) in [6, 6.07) is 10.9. The number of aromatic nitrogens is 5. The molecular weight excluding hydrogens is 578 g/mol. The Balaban J connectivity index is 1.27. The number of hydrogen-bond donors (Lipinski definition) is 2. The van der Waals surface area contributed by atoms with Gasteiger partial charge < -0.3 is 24.4 Å². The van der Waals surface area contributed by atoms with Crippen molar-refractivity contribution >= 4 is 28.6 Å². The van der Waals surface area contributed by atoms with E-state index >= 15 is 0 Å². The van der Waals surface area contributed by atoms with Crippen molar-refractivity contribution in [2.45, 2.75) is 70.6 Å². The van der Waals surface area contributed by atoms with E-state index in [9.17, 15) is 9.90 Å². The molecule has 0 radical (unpaired) electrons. The van der Waals surface area contributed by atoms with Crippen LogP contribution in [0.2, 0.25) is 0 Å². The van der Waals surface area contributed by atoms with Gasteiger partial charge in [-0.15, -0.1) is 0 Å². The number of carbonyl (C=O) groups is 1. The highest BCUT2D eigenvalue weighted by molar-refractivity contribution is 6.05. The summed E-state index contributed by atoms with van der Waals surface area (Å²) < 4.78 is 4.02. The Morgan fingerprint density at radius 3 is 2.39 bits per heavy atom. The average Bonchev–Trinajstić information content (AvgIpc) is 3.57. The average molecular weight is 628 g/mol. The number of piperidine rings is 1. The second-order valence-corrected chi connectivity index (χ2v) is 13.5. The van der Waals surface area contributed by atoms with Crippen molar-refractivity contribution in [3.05, 3.63) is 53.5 Å². The zero-order valence-electron chi connectivity index (χ0n) is 28.2. The van der Waals surface area contributed by atoms with Crippen LogP contribution in [0.1, 0.15) is 66.3 Å². The first-order chi connectivity index (χ1) is 22.1. The van der Waals surface area contributed by atoms with Gasteiger partial charge in [0.25, 0.3) is 5.91 Å². The molecule has 0 unspecified atom stereocenters. The van der Waals surface area contributed by atoms with E-state index < -0.39 is 0 Å². The standard InChI is InChI=1S/C35H49N9O2/c1-23-19-25(20-32(37-23)30-22-36-42(6)24(30)2)34(46)39-35-38-31-12-9-28(21-33(31)44(35)27-7-10-29(45)11-8-27)43-15-13-26(14-16-43)41(5)18-17-40(3)4/h9,12,19-22,26-27,29,45H,7-8,10-11,13-18H2,1-6H3,(H,38,39,46)/t27-,29+. The largest absolute Gasteiger partial charge is 0.393 e. The Morgan fingerprint density at radius 2 is 1.72 bits per heavy atom. The smallest absolute Gasteiger partial charge is 0.258 e. The van der Waals surface area contributed by atoms with Crippen LogP contribution in [0.3, 0.4) is 0 Å². The first kappa shape index (κ1) is 32.2. The second kappa shape index (κ2) is 13.5. The fraction of sp³-hybridized carbons (Fsp3) is 0.543. The molecular formula is C35H49N9O2. The molecule has 3 aromatic heterocycles. The minimum atomic E-state index is -0.272. The van der Waals surface area contributed by atoms with Crippen molar-refractivity contribution < 1.29 is 9.90 Å². The minimum Gasteiger partial charge on any atom is -0.393 e. The fourth-order valence-electron chi connectivity index (χ4n) is 7.02. The highest BCUT2D eigenvalue weighted by atomic mass is 16.3. The summed E-state index contributed by atoms with van der Waals surface area (Å²) in [6.45, 7) is 8.07. The van der Waals surface area contributed by atoms with Crippen LogP contribution in [-0.4, -0.2) is 105 Å². The quantitative estimate of drug-likeness (QED) is 0.277. The molecule has 2 N–H and O–H groups in total. The minimum absolute atomic E-state index is 0.141. The Kier molecular flexibility index (Phi) is 9.44. The third-order valence-corrected chi connectivity index (χ3v) is 10.0. The Labute approximate surface area is 272 Å². The highest BCUT2D eigenvalue weighted by Gasteiger charge is 2.28. The molecule has 11 nitrogen and oxygen atoms in total. The van der Waals surface area contributed by atoms with Crippen LogP contribution in [0.5, 0.6) is 0 Å². The van der Waals surface area contributed by atoms with Crippen LogP contribution < -0.4 is 10.2 Å². The first-order valence-corrected chi connectivity index (χ1v) is 16.7. The normalized spacial score (nSPS) is 19.5. The van der Waals surface area contributed by atoms with E-state index in [0.717, 1.165) is 98.4 Å². The van der Waals surface area contributed by atoms with E-state index in [0.29, 0.717) is 17.6 Å². The third-order valence-electron chi connectivity index (χ3n) is 10.0. The van der Waals surface area contributed by atoms with Gasteiger partial charge in [-0.1, -0.05) is 0 Å². The molecule has 6 rings (SSSR count). The molecule has 0 atom stereocenters. The van der Waals surface area contributed by atoms with Crippen LogP contribution in [0.25, 0.3) is 22.3 Å². The highest BCUT2D eigenvalue weighted by Crippen LogP contribution is 2.36. The number of likely N-dealkylation sites (N-methyl/N-ethyl adjacent to an activating group) is 2. The van der Waals surface area contributed by atoms with Crippen LogP contribution in [0.4, 0.5) is 11.6 Å². The van der Waals surface area contributed by atoms with E-state index in [4.69, 9.17) is 9.97 Å². The number of fused-ring (bicyclic) bond motifs is 1. The maximum Gasteiger partial charge on any atom is 0.258 e. The number of aliphatic hydroxyl groups is 1. The fourth-order valence-corrected chi connectivity index (χ4v) is 7.02. The monoisotopic (exact) mass is 627 g/mol. The number of nitrogens with one attached hydrogen (secondary N) is 1. The number of aliphatic hydroxyl groups excluding tert-OH is 1. The third kappa shape index (κ3) is 6.82. The number of anilines is 2. The van der Waals surface area contributed by atoms with Gasteiger partial charge in [-0.2, -0.15) is 5.10 Å². The molecule has 46 heavy (non-hydrogen) atoms. The molecule has 1 saturated heterocycles. The molecule has 2 fully saturated rings. The van der Waals surface area contributed by atoms with E-state index in [2.05, 4.69) is 69.0 Å². The van der Waals surface area contributed by atoms with Crippen molar-refractivity contribution in [3.63, 3.8) is 0 Å². The molecule has 1 aliphatic heterocycles. The van der Waals surface area contributed by atoms with Crippen molar-refractivity contribution in [3.8, 4) is 11.3 Å². The maximum atomic E-state index is 13.8. The topological polar surface area (TPSA) is 108 Å². The Morgan fingerprint density at radius 1 is 0.978 bits per heavy atom. The molecule has 0 bridgehead atoms. The summed E-state index contributed by atoms with van der Waals surface area (Å²) in [7, 11) is 8.41. The van der Waals surface area contributed by atoms with Crippen LogP contribution in [-0.2, 0) is 7.05 Å². The zero-order valence-corrected chi connectivity index (χ0v) is 28.2. The van der Waals surface area contributed by atoms with Crippen molar-refractivity contribution in [1.82, 2.24) is 34.1 Å². The summed E-state index contributed by atoms with van der Waals surface area (Å²) >= 11 is 0. The van der Waals surface area contributed by atoms with Gasteiger partial charge >= 0.3 is 0 Å². The number of rotatable bonds is 9. The first-order valence-electron chi connectivity index (χ1n) is 16.7. The van der Waals surface area contributed by atoms with Crippen LogP contribution >= 0.6 is 0 Å². The second-order valence-electron chi connectivity index (χ2n) is 13.5. The molecule has 4 aromatic rings. The van der Waals surface area contributed by atoms with E-state index in [1.165, 1.54) is 5.69 Å². The molecule has 246 valence electrons. The molecule has 0 spiro atoms. The Bertz CT molecular complexity index is 1680. The van der Waals surface area contributed by atoms with Gasteiger partial charge in [-0.25, -0.2) is 4.98 Å². The number of benzene rings is 1. The van der Waals surface area contributed by atoms with Crippen molar-refractivity contribution in [2.24, 2.45) is 7.05 Å². The number of hydrogen-bond acceptors (Lipinski definition) is 8. The van der Waals surface area contributed by atoms with E-state index in [-0.39, 0.29) is 18.1 Å². The van der Waals surface area contributed by atoms with E-state index in [1.54, 1.807) is 6.20 Å². The van der Waals surface area contributed by atoms with Gasteiger partial charge in [-0.3, -0.25) is 19.8 Å². The predicted octanol–water partition coefficient (Wildman–Crippen LogP) is 4.64. The molecule has 1 aromatic carbocycles. The maximum absolute atomic E-state index is 13.8. The van der Waals surface area contributed by atoms with Gasteiger partial charge in [0.15, 0.2) is 0 Å². The van der Waals surface area contributed by atoms with Crippen molar-refractivity contribution in [1.29, 1.82) is 0 Å². The lowest BCUT2D eigenvalue weighted by molar-refractivity contribution is 0.102. The number of aryl methyl sites for hydroxylation is 2. The molecule has 1 aliphatic carbocycles. The number of amides is 1. The number of imidazole rings is 1. The van der Waals surface area contributed by atoms with Crippen LogP contribution in [0.15, 0.2) is 36.5 Å². The molecule has 1 saturated carbocycles. The molecule has 4 heterocycles. The predicted molar refractivity (Wildman–Crippen MR) is 184 cm³/mol. The lowest BCUT2D eigenvalue weighted by atomic mass is 9.93. The molecule has 1 amide bonds. The lowest BCUT2D eigenvalue weighted by Crippen LogP contribution is -2.45. The number of nitrogens with zero attached hydrogens (tertiary/aromatic N) is 8. The summed E-state index contributed by atoms with van der Waals surface area (Å²) in [5, 5.41) is 17.8. The summed E-state index contributed by atoms with van der Waals surface area (Å²) in [6.07, 6.45) is 6.94. The molecule has 2 aliphatic rings. The summed E-state index contributed by atoms with van der Waals surface area (Å²) in [5.74, 6) is 0.328. The molecule has 11 heteroatoms. The summed E-state index contributed by atoms with van der Waals surface area (Å²) in [4.78, 5) is 30.7. The summed E-state index contributed by atoms with van der Waals surface area (Å²) in [5.41, 5.74) is 6.99. The zero-order chi connectivity index (χ0) is 32.5. The van der Waals surface area contributed by atoms with Crippen LogP contribution in [0, 0.1) is 13.8 Å². The number of pyridine rings is 1. The number of carbonyl (C=O) groups excluding carboxylic acids is 1. The Hall–Kier alpha value is -3.80. The SMILES string of the molecule is Cc1cc(C(=O)Nc2nc3ccc(N4CCC(N(C)CCN(C)C)CC4)cc3n2[C@H]2CC[C@@H](O)CC2)cc(-c2cnn(C)c2C)n1. The lowest BCUT2D eigenvalue weighted by Gasteiger charge is -2.38. The van der Waals surface area contributed by atoms with Gasteiger partial charge in [-0.05, 0) is 104 Å². The van der Waals surface area contributed by atoms with Gasteiger partial charge in [0.2, 0.25) is 5.95 Å².